The minimum Gasteiger partial charge on any atom is -0.324 e. The highest BCUT2D eigenvalue weighted by Gasteiger charge is 2.24. The number of halogens is 2. The maximum Gasteiger partial charge on any atom is 0.230 e. The molecule has 2 aromatic heterocycles. The molecule has 0 atom stereocenters. The third-order valence-electron chi connectivity index (χ3n) is 18.3. The highest BCUT2D eigenvalue weighted by molar-refractivity contribution is 6.18. The predicted octanol–water partition coefficient (Wildman–Crippen LogP) is 19.8. The summed E-state index contributed by atoms with van der Waals surface area (Å²) in [7, 11) is 0. The average Bonchev–Trinajstić information content (AvgIpc) is 1.79. The van der Waals surface area contributed by atoms with E-state index in [0.29, 0.717) is 48.2 Å². The molecule has 105 heavy (non-hydrogen) atoms. The molecule has 4 aliphatic heterocycles. The fourth-order valence-corrected chi connectivity index (χ4v) is 12.6. The fraction of sp³-hybridized carbons (Fsp3) is 0.174. The van der Waals surface area contributed by atoms with Crippen LogP contribution in [0.4, 0.5) is 37.2 Å². The summed E-state index contributed by atoms with van der Waals surface area (Å²) in [6, 6.07) is 64.7. The zero-order valence-corrected chi connectivity index (χ0v) is 60.0. The van der Waals surface area contributed by atoms with E-state index in [1.165, 1.54) is 23.3 Å². The molecule has 0 aliphatic carbocycles. The standard InChI is InChI=1S/C25H20N2O.C23H19FN2O.C22H17FN2O.C22H21NO/c1-17-13-23-24(14-18(17)2)27-25(28)16-22(26-23)21-10-6-9-20(15-21)12-11-19-7-4-3-5-8-19;1-14-3-5-20(21(24)9-14)16-4-6-22-18(11-16)12-19(27)13-23(26-22)17-7-8-25-15(2)10-17;1-14-6-7-20-16(10-14)11-17(26)13-21(25-20)15-8-9-24-22(12-15)18-4-2-3-5-19(18)23;1-4-5-7-17-8-6-9-18(12-17)22-14-20(24)13-19-10-15(2)16(3)11-21(19)23-22/h3-10,13-15H,16H2,1-2H3,(H,27,28);3-11H,12-13H2,1-2H3;2-10,12H,11,13H2,1H3;6,8-12H,4,13-14H2,1-3H3. The molecule has 0 bridgehead atoms. The van der Waals surface area contributed by atoms with Gasteiger partial charge in [0.15, 0.2) is 0 Å². The Morgan fingerprint density at radius 1 is 0.371 bits per heavy atom. The number of anilines is 1. The van der Waals surface area contributed by atoms with Gasteiger partial charge in [-0.3, -0.25) is 49.1 Å². The van der Waals surface area contributed by atoms with Crippen LogP contribution in [0.2, 0.25) is 0 Å². The van der Waals surface area contributed by atoms with Crippen molar-refractivity contribution in [2.45, 2.75) is 107 Å². The lowest BCUT2D eigenvalue weighted by Crippen LogP contribution is -2.15. The average molecular weight is 1380 g/mol. The molecule has 13 heteroatoms. The van der Waals surface area contributed by atoms with Crippen LogP contribution >= 0.6 is 0 Å². The number of amides is 1. The summed E-state index contributed by atoms with van der Waals surface area (Å²) in [5.74, 6) is 12.4. The van der Waals surface area contributed by atoms with Crippen LogP contribution in [-0.4, -0.2) is 56.1 Å². The molecule has 15 rings (SSSR count). The minimum atomic E-state index is -0.322. The number of aliphatic imine (C=N–C) groups is 4. The Morgan fingerprint density at radius 2 is 0.876 bits per heavy atom. The van der Waals surface area contributed by atoms with E-state index in [0.717, 1.165) is 141 Å². The maximum absolute atomic E-state index is 14.3. The summed E-state index contributed by atoms with van der Waals surface area (Å²) >= 11 is 0. The highest BCUT2D eigenvalue weighted by atomic mass is 19.1. The Labute approximate surface area is 612 Å². The molecule has 0 radical (unpaired) electrons. The summed E-state index contributed by atoms with van der Waals surface area (Å²) in [5.41, 5.74) is 26.2. The molecule has 0 saturated heterocycles. The molecule has 1 amide bonds. The van der Waals surface area contributed by atoms with Crippen molar-refractivity contribution in [3.05, 3.63) is 325 Å². The number of ketones is 3. The SMILES string of the molecule is CCC#Cc1cccc(C2=Nc3cc(C)c(C)cc3CC(=O)C2)c1.Cc1cc2c(cc1C)NC(=O)CC(c1cccc(C#Cc3ccccc3)c1)=N2.Cc1ccc(-c2ccc3c(c2)CC(=O)CC(c2ccnc(C)c2)=N3)c(F)c1.Cc1ccc2c(c1)CC(=O)CC(c1ccnc(-c3ccccc3F)c1)=N2. The first-order valence-corrected chi connectivity index (χ1v) is 35.0. The van der Waals surface area contributed by atoms with Crippen molar-refractivity contribution in [2.24, 2.45) is 20.0 Å². The lowest BCUT2D eigenvalue weighted by atomic mass is 9.97. The van der Waals surface area contributed by atoms with Gasteiger partial charge in [-0.25, -0.2) is 8.78 Å². The van der Waals surface area contributed by atoms with Gasteiger partial charge in [-0.15, -0.1) is 0 Å². The number of benzene rings is 9. The van der Waals surface area contributed by atoms with Gasteiger partial charge in [0, 0.05) is 96.4 Å². The topological polar surface area (TPSA) is 156 Å². The number of nitrogens with zero attached hydrogens (tertiary/aromatic N) is 6. The van der Waals surface area contributed by atoms with Crippen LogP contribution < -0.4 is 5.32 Å². The quantitative estimate of drug-likeness (QED) is 0.163. The van der Waals surface area contributed by atoms with Crippen molar-refractivity contribution in [3.8, 4) is 46.1 Å². The van der Waals surface area contributed by atoms with Crippen molar-refractivity contribution in [1.29, 1.82) is 0 Å². The Hall–Kier alpha value is -12.6. The lowest BCUT2D eigenvalue weighted by Gasteiger charge is -2.09. The van der Waals surface area contributed by atoms with Crippen LogP contribution in [-0.2, 0) is 38.4 Å². The monoisotopic (exact) mass is 1380 g/mol. The van der Waals surface area contributed by atoms with E-state index in [1.54, 1.807) is 42.7 Å². The van der Waals surface area contributed by atoms with Crippen molar-refractivity contribution in [3.63, 3.8) is 0 Å². The number of Topliss-reactive ketones (excluding diaryl/α,β-unsaturated/α-hetero) is 3. The molecule has 518 valence electrons. The second kappa shape index (κ2) is 33.0. The van der Waals surface area contributed by atoms with E-state index < -0.39 is 0 Å². The van der Waals surface area contributed by atoms with E-state index in [9.17, 15) is 28.0 Å². The van der Waals surface area contributed by atoms with E-state index in [4.69, 9.17) is 20.0 Å². The van der Waals surface area contributed by atoms with Gasteiger partial charge in [-0.05, 0) is 230 Å². The molecule has 11 aromatic rings. The second-order valence-electron chi connectivity index (χ2n) is 26.6. The summed E-state index contributed by atoms with van der Waals surface area (Å²) in [6.07, 6.45) is 6.48. The second-order valence-corrected chi connectivity index (χ2v) is 26.6. The molecule has 1 N–H and O–H groups in total. The zero-order chi connectivity index (χ0) is 73.7. The van der Waals surface area contributed by atoms with Gasteiger partial charge >= 0.3 is 0 Å². The molecule has 4 aliphatic rings. The minimum absolute atomic E-state index is 0.0541. The number of pyridine rings is 2. The van der Waals surface area contributed by atoms with Crippen molar-refractivity contribution in [2.75, 3.05) is 5.32 Å². The number of aromatic nitrogens is 2. The number of carbonyl (C=O) groups excluding carboxylic acids is 4. The van der Waals surface area contributed by atoms with Crippen molar-refractivity contribution < 1.29 is 28.0 Å². The van der Waals surface area contributed by atoms with Crippen LogP contribution in [0.3, 0.4) is 0 Å². The van der Waals surface area contributed by atoms with Crippen LogP contribution in [0.5, 0.6) is 0 Å². The van der Waals surface area contributed by atoms with E-state index in [-0.39, 0.29) is 54.2 Å². The normalized spacial score (nSPS) is 13.4. The molecule has 0 fully saturated rings. The molecule has 6 heterocycles. The molecule has 0 saturated carbocycles. The van der Waals surface area contributed by atoms with Crippen molar-refractivity contribution in [1.82, 2.24) is 9.97 Å². The van der Waals surface area contributed by atoms with Crippen LogP contribution in [0.15, 0.2) is 239 Å². The third-order valence-corrected chi connectivity index (χ3v) is 18.3. The smallest absolute Gasteiger partial charge is 0.230 e. The first kappa shape index (κ1) is 72.2. The highest BCUT2D eigenvalue weighted by Crippen LogP contribution is 2.36. The van der Waals surface area contributed by atoms with Gasteiger partial charge in [-0.2, -0.15) is 0 Å². The number of hydrogen-bond donors (Lipinski definition) is 1. The van der Waals surface area contributed by atoms with E-state index in [1.807, 2.05) is 186 Å². The Balaban J connectivity index is 0.000000132. The Morgan fingerprint density at radius 3 is 1.52 bits per heavy atom. The largest absolute Gasteiger partial charge is 0.324 e. The lowest BCUT2D eigenvalue weighted by molar-refractivity contribution is -0.118. The van der Waals surface area contributed by atoms with Gasteiger partial charge in [0.1, 0.15) is 29.0 Å². The van der Waals surface area contributed by atoms with E-state index >= 15 is 0 Å². The van der Waals surface area contributed by atoms with Crippen LogP contribution in [0.1, 0.15) is 134 Å². The van der Waals surface area contributed by atoms with Gasteiger partial charge in [-0.1, -0.05) is 127 Å². The molecule has 0 spiro atoms. The summed E-state index contributed by atoms with van der Waals surface area (Å²) in [6.45, 7) is 16.1. The van der Waals surface area contributed by atoms with Gasteiger partial charge < -0.3 is 5.32 Å². The zero-order valence-electron chi connectivity index (χ0n) is 60.0. The van der Waals surface area contributed by atoms with Gasteiger partial charge in [0.25, 0.3) is 0 Å². The predicted molar refractivity (Wildman–Crippen MR) is 419 cm³/mol. The first-order valence-electron chi connectivity index (χ1n) is 35.0. The van der Waals surface area contributed by atoms with E-state index in [2.05, 4.69) is 71.9 Å². The van der Waals surface area contributed by atoms with Gasteiger partial charge in [0.2, 0.25) is 5.91 Å². The number of rotatable bonds is 6. The molecular formula is C92H77F2N7O4. The molecule has 11 nitrogen and oxygen atoms in total. The van der Waals surface area contributed by atoms with Crippen LogP contribution in [0, 0.1) is 83.8 Å². The number of carbonyl (C=O) groups is 4. The van der Waals surface area contributed by atoms with Crippen molar-refractivity contribution >= 4 is 74.5 Å². The first-order chi connectivity index (χ1) is 50.7. The third kappa shape index (κ3) is 18.6. The molecule has 0 unspecified atom stereocenters. The number of fused-ring (bicyclic) bond motifs is 4. The Bertz CT molecular complexity index is 5530. The maximum atomic E-state index is 14.3. The number of aryl methyl sites for hydroxylation is 7. The molecular weight excluding hydrogens is 1310 g/mol. The van der Waals surface area contributed by atoms with Gasteiger partial charge in [0.05, 0.1) is 63.4 Å². The summed E-state index contributed by atoms with van der Waals surface area (Å²) < 4.78 is 28.4. The molecule has 9 aromatic carbocycles. The number of hydrogen-bond acceptors (Lipinski definition) is 10. The Kier molecular flexibility index (Phi) is 22.7. The number of nitrogens with one attached hydrogen (secondary N) is 1. The fourth-order valence-electron chi connectivity index (χ4n) is 12.6. The summed E-state index contributed by atoms with van der Waals surface area (Å²) in [5, 5.41) is 2.97. The van der Waals surface area contributed by atoms with Crippen LogP contribution in [0.25, 0.3) is 22.4 Å². The summed E-state index contributed by atoms with van der Waals surface area (Å²) in [4.78, 5) is 77.3.